The maximum Gasteiger partial charge on any atom is 0.239 e. The Hall–Kier alpha value is -1.40. The topological polar surface area (TPSA) is 66.5 Å². The number of nitrogens with one attached hydrogen (secondary N) is 1. The van der Waals surface area contributed by atoms with E-state index in [1.807, 2.05) is 45.9 Å². The number of amides is 1. The van der Waals surface area contributed by atoms with E-state index in [2.05, 4.69) is 5.32 Å². The van der Waals surface area contributed by atoms with Crippen molar-refractivity contribution in [3.63, 3.8) is 0 Å². The fraction of sp³-hybridized carbons (Fsp3) is 0.562. The molecule has 0 heterocycles. The monoisotopic (exact) mass is 326 g/mol. The van der Waals surface area contributed by atoms with Gasteiger partial charge in [-0.25, -0.2) is 8.42 Å². The van der Waals surface area contributed by atoms with Crippen LogP contribution in [0, 0.1) is 19.8 Å². The Kier molecular flexibility index (Phi) is 6.56. The predicted molar refractivity (Wildman–Crippen MR) is 90.4 cm³/mol. The predicted octanol–water partition coefficient (Wildman–Crippen LogP) is 2.55. The Labute approximate surface area is 133 Å². The van der Waals surface area contributed by atoms with Gasteiger partial charge in [0.05, 0.1) is 12.8 Å². The van der Waals surface area contributed by atoms with Crippen molar-refractivity contribution in [3.8, 4) is 0 Å². The summed E-state index contributed by atoms with van der Waals surface area (Å²) in [5, 5.41) is 2.77. The number of benzene rings is 1. The van der Waals surface area contributed by atoms with Gasteiger partial charge in [0.2, 0.25) is 15.9 Å². The van der Waals surface area contributed by atoms with Gasteiger partial charge >= 0.3 is 0 Å². The first kappa shape index (κ1) is 18.6. The first-order valence-corrected chi connectivity index (χ1v) is 9.26. The Morgan fingerprint density at radius 1 is 1.18 bits per heavy atom. The van der Waals surface area contributed by atoms with Crippen LogP contribution in [-0.4, -0.2) is 38.0 Å². The van der Waals surface area contributed by atoms with E-state index in [0.29, 0.717) is 18.2 Å². The molecule has 0 radical (unpaired) electrons. The second-order valence-electron chi connectivity index (χ2n) is 6.20. The first-order chi connectivity index (χ1) is 10.1. The highest BCUT2D eigenvalue weighted by Gasteiger charge is 2.20. The van der Waals surface area contributed by atoms with Crippen LogP contribution in [0.2, 0.25) is 0 Å². The maximum absolute atomic E-state index is 12.1. The summed E-state index contributed by atoms with van der Waals surface area (Å²) in [6.07, 6.45) is 1.86. The number of anilines is 1. The van der Waals surface area contributed by atoms with Crippen molar-refractivity contribution in [2.24, 2.45) is 5.92 Å². The average molecular weight is 326 g/mol. The van der Waals surface area contributed by atoms with Crippen LogP contribution in [0.25, 0.3) is 0 Å². The van der Waals surface area contributed by atoms with Crippen molar-refractivity contribution in [1.82, 2.24) is 4.31 Å². The number of carbonyl (C=O) groups excluding carboxylic acids is 1. The number of aryl methyl sites for hydroxylation is 2. The Morgan fingerprint density at radius 2 is 1.73 bits per heavy atom. The van der Waals surface area contributed by atoms with Crippen LogP contribution in [-0.2, 0) is 14.8 Å². The fourth-order valence-electron chi connectivity index (χ4n) is 2.17. The molecule has 0 unspecified atom stereocenters. The van der Waals surface area contributed by atoms with E-state index >= 15 is 0 Å². The molecule has 1 rings (SSSR count). The van der Waals surface area contributed by atoms with Crippen molar-refractivity contribution >= 4 is 21.6 Å². The summed E-state index contributed by atoms with van der Waals surface area (Å²) in [6.45, 7) is 8.16. The third-order valence-corrected chi connectivity index (χ3v) is 4.50. The summed E-state index contributed by atoms with van der Waals surface area (Å²) in [4.78, 5) is 12.1. The third kappa shape index (κ3) is 6.58. The van der Waals surface area contributed by atoms with Gasteiger partial charge in [-0.2, -0.15) is 4.31 Å². The molecular formula is C16H26N2O3S. The van der Waals surface area contributed by atoms with Gasteiger partial charge in [0.1, 0.15) is 0 Å². The molecule has 0 aliphatic heterocycles. The molecule has 0 atom stereocenters. The molecule has 5 nitrogen and oxygen atoms in total. The van der Waals surface area contributed by atoms with Crippen molar-refractivity contribution in [2.75, 3.05) is 24.7 Å². The zero-order valence-corrected chi connectivity index (χ0v) is 14.8. The largest absolute Gasteiger partial charge is 0.325 e. The van der Waals surface area contributed by atoms with Crippen molar-refractivity contribution in [3.05, 3.63) is 29.3 Å². The number of hydrogen-bond acceptors (Lipinski definition) is 3. The summed E-state index contributed by atoms with van der Waals surface area (Å²) in [6, 6.07) is 5.74. The fourth-order valence-corrected chi connectivity index (χ4v) is 2.96. The summed E-state index contributed by atoms with van der Waals surface area (Å²) in [5.41, 5.74) is 2.80. The van der Waals surface area contributed by atoms with Gasteiger partial charge in [0, 0.05) is 12.2 Å². The maximum atomic E-state index is 12.1. The summed E-state index contributed by atoms with van der Waals surface area (Å²) in [5.74, 6) is 0.0610. The minimum Gasteiger partial charge on any atom is -0.325 e. The smallest absolute Gasteiger partial charge is 0.239 e. The molecule has 0 aromatic heterocycles. The van der Waals surface area contributed by atoms with Crippen LogP contribution in [0.1, 0.15) is 31.4 Å². The van der Waals surface area contributed by atoms with Crippen LogP contribution < -0.4 is 5.32 Å². The zero-order chi connectivity index (χ0) is 16.9. The SMILES string of the molecule is Cc1cc(C)cc(NC(=O)CN(CCC(C)C)S(C)(=O)=O)c1. The number of rotatable bonds is 7. The molecule has 0 aliphatic carbocycles. The molecule has 1 aromatic carbocycles. The molecule has 22 heavy (non-hydrogen) atoms. The average Bonchev–Trinajstić information content (AvgIpc) is 2.31. The van der Waals surface area contributed by atoms with Gasteiger partial charge in [-0.15, -0.1) is 0 Å². The summed E-state index contributed by atoms with van der Waals surface area (Å²) < 4.78 is 24.8. The lowest BCUT2D eigenvalue weighted by molar-refractivity contribution is -0.116. The van der Waals surface area contributed by atoms with Gasteiger partial charge in [-0.05, 0) is 49.4 Å². The number of carbonyl (C=O) groups is 1. The highest BCUT2D eigenvalue weighted by molar-refractivity contribution is 7.88. The van der Waals surface area contributed by atoms with Gasteiger partial charge in [0.25, 0.3) is 0 Å². The van der Waals surface area contributed by atoms with Gasteiger partial charge in [-0.1, -0.05) is 19.9 Å². The van der Waals surface area contributed by atoms with E-state index in [4.69, 9.17) is 0 Å². The molecule has 1 aromatic rings. The summed E-state index contributed by atoms with van der Waals surface area (Å²) in [7, 11) is -3.39. The molecule has 124 valence electrons. The van der Waals surface area contributed by atoms with Crippen molar-refractivity contribution in [2.45, 2.75) is 34.1 Å². The molecule has 1 amide bonds. The lowest BCUT2D eigenvalue weighted by Gasteiger charge is -2.20. The van der Waals surface area contributed by atoms with E-state index in [-0.39, 0.29) is 12.5 Å². The number of sulfonamides is 1. The van der Waals surface area contributed by atoms with Crippen molar-refractivity contribution < 1.29 is 13.2 Å². The lowest BCUT2D eigenvalue weighted by Crippen LogP contribution is -2.38. The molecule has 1 N–H and O–H groups in total. The lowest BCUT2D eigenvalue weighted by atomic mass is 10.1. The molecule has 0 fully saturated rings. The Balaban J connectivity index is 2.74. The molecule has 0 saturated carbocycles. The Morgan fingerprint density at radius 3 is 2.18 bits per heavy atom. The molecular weight excluding hydrogens is 300 g/mol. The number of nitrogens with zero attached hydrogens (tertiary/aromatic N) is 1. The minimum absolute atomic E-state index is 0.154. The standard InChI is InChI=1S/C16H26N2O3S/c1-12(2)6-7-18(22(5,20)21)11-16(19)17-15-9-13(3)8-14(4)10-15/h8-10,12H,6-7,11H2,1-5H3,(H,17,19). The molecule has 0 spiro atoms. The van der Waals surface area contributed by atoms with E-state index < -0.39 is 10.0 Å². The van der Waals surface area contributed by atoms with Gasteiger partial charge in [-0.3, -0.25) is 4.79 Å². The third-order valence-electron chi connectivity index (χ3n) is 3.25. The quantitative estimate of drug-likeness (QED) is 0.837. The zero-order valence-electron chi connectivity index (χ0n) is 14.0. The van der Waals surface area contributed by atoms with Crippen LogP contribution >= 0.6 is 0 Å². The molecule has 6 heteroatoms. The second kappa shape index (κ2) is 7.74. The van der Waals surface area contributed by atoms with Crippen LogP contribution in [0.15, 0.2) is 18.2 Å². The van der Waals surface area contributed by atoms with E-state index in [1.165, 1.54) is 4.31 Å². The highest BCUT2D eigenvalue weighted by Crippen LogP contribution is 2.14. The van der Waals surface area contributed by atoms with Crippen LogP contribution in [0.3, 0.4) is 0 Å². The van der Waals surface area contributed by atoms with E-state index in [9.17, 15) is 13.2 Å². The first-order valence-electron chi connectivity index (χ1n) is 7.41. The Bertz CT molecular complexity index is 604. The molecule has 0 aliphatic rings. The molecule has 0 bridgehead atoms. The summed E-state index contributed by atoms with van der Waals surface area (Å²) >= 11 is 0. The van der Waals surface area contributed by atoms with Crippen LogP contribution in [0.4, 0.5) is 5.69 Å². The van der Waals surface area contributed by atoms with Crippen molar-refractivity contribution in [1.29, 1.82) is 0 Å². The highest BCUT2D eigenvalue weighted by atomic mass is 32.2. The van der Waals surface area contributed by atoms with Gasteiger partial charge < -0.3 is 5.32 Å². The van der Waals surface area contributed by atoms with Gasteiger partial charge in [0.15, 0.2) is 0 Å². The number of hydrogen-bond donors (Lipinski definition) is 1. The molecule has 0 saturated heterocycles. The normalized spacial score (nSPS) is 12.0. The second-order valence-corrected chi connectivity index (χ2v) is 8.19. The van der Waals surface area contributed by atoms with Crippen LogP contribution in [0.5, 0.6) is 0 Å². The minimum atomic E-state index is -3.39. The van der Waals surface area contributed by atoms with E-state index in [1.54, 1.807) is 0 Å². The van der Waals surface area contributed by atoms with E-state index in [0.717, 1.165) is 23.8 Å².